The maximum absolute atomic E-state index is 13.2. The molecule has 0 radical (unpaired) electrons. The summed E-state index contributed by atoms with van der Waals surface area (Å²) < 4.78 is 6.17. The normalized spacial score (nSPS) is 36.5. The first-order valence-electron chi connectivity index (χ1n) is 9.09. The number of rotatable bonds is 3. The molecule has 0 bridgehead atoms. The van der Waals surface area contributed by atoms with Crippen LogP contribution in [0.15, 0.2) is 0 Å². The van der Waals surface area contributed by atoms with Crippen LogP contribution in [0.4, 0.5) is 0 Å². The van der Waals surface area contributed by atoms with Gasteiger partial charge >= 0.3 is 0 Å². The van der Waals surface area contributed by atoms with Crippen molar-refractivity contribution in [1.29, 1.82) is 0 Å². The van der Waals surface area contributed by atoms with Crippen molar-refractivity contribution in [2.24, 2.45) is 11.3 Å². The van der Waals surface area contributed by atoms with Crippen molar-refractivity contribution >= 4 is 5.78 Å². The molecule has 3 nitrogen and oxygen atoms in total. The van der Waals surface area contributed by atoms with Crippen LogP contribution in [0.5, 0.6) is 0 Å². The minimum Gasteiger partial charge on any atom is -0.375 e. The van der Waals surface area contributed by atoms with Crippen molar-refractivity contribution in [2.45, 2.75) is 76.7 Å². The lowest BCUT2D eigenvalue weighted by molar-refractivity contribution is -0.152. The number of Topliss-reactive ketones (excluding diaryl/α,β-unsaturated/α-hetero) is 1. The number of nitrogens with one attached hydrogen (secondary N) is 1. The third-order valence-corrected chi connectivity index (χ3v) is 6.30. The number of carbonyl (C=O) groups is 1. The van der Waals surface area contributed by atoms with Crippen LogP contribution < -0.4 is 5.32 Å². The van der Waals surface area contributed by atoms with Crippen molar-refractivity contribution in [3.05, 3.63) is 0 Å². The molecule has 0 amide bonds. The maximum atomic E-state index is 13.2. The monoisotopic (exact) mass is 293 g/mol. The Bertz CT molecular complexity index is 362. The van der Waals surface area contributed by atoms with Crippen LogP contribution in [0.1, 0.15) is 71.1 Å². The van der Waals surface area contributed by atoms with Crippen molar-refractivity contribution in [3.8, 4) is 0 Å². The summed E-state index contributed by atoms with van der Waals surface area (Å²) in [7, 11) is 0. The zero-order valence-corrected chi connectivity index (χ0v) is 13.6. The number of ether oxygens (including phenoxy) is 1. The molecule has 0 aromatic heterocycles. The molecule has 3 aliphatic rings. The summed E-state index contributed by atoms with van der Waals surface area (Å²) in [6.07, 6.45) is 11.4. The van der Waals surface area contributed by atoms with Crippen molar-refractivity contribution in [3.63, 3.8) is 0 Å². The van der Waals surface area contributed by atoms with Crippen molar-refractivity contribution in [2.75, 3.05) is 19.7 Å². The van der Waals surface area contributed by atoms with E-state index in [4.69, 9.17) is 4.74 Å². The molecule has 3 fully saturated rings. The summed E-state index contributed by atoms with van der Waals surface area (Å²) in [4.78, 5) is 13.2. The standard InChI is InChI=1S/C18H31NO2/c1-2-17(8-6-11-19-14-17)16(20)15-7-12-21-18(13-15)9-4-3-5-10-18/h15,19H,2-14H2,1H3. The van der Waals surface area contributed by atoms with Crippen LogP contribution >= 0.6 is 0 Å². The molecule has 120 valence electrons. The predicted octanol–water partition coefficient (Wildman–Crippen LogP) is 3.46. The van der Waals surface area contributed by atoms with E-state index in [-0.39, 0.29) is 16.9 Å². The Balaban J connectivity index is 1.71. The fraction of sp³-hybridized carbons (Fsp3) is 0.944. The van der Waals surface area contributed by atoms with Crippen LogP contribution in [0.2, 0.25) is 0 Å². The SMILES string of the molecule is CCC1(C(=O)C2CCOC3(CCCCC3)C2)CCCNC1. The molecule has 2 heterocycles. The van der Waals surface area contributed by atoms with Crippen LogP contribution in [-0.4, -0.2) is 31.1 Å². The van der Waals surface area contributed by atoms with Crippen LogP contribution in [0.3, 0.4) is 0 Å². The Labute approximate surface area is 129 Å². The second-order valence-corrected chi connectivity index (χ2v) is 7.56. The van der Waals surface area contributed by atoms with Gasteiger partial charge in [0.15, 0.2) is 0 Å². The second kappa shape index (κ2) is 6.37. The molecule has 2 saturated heterocycles. The first-order valence-corrected chi connectivity index (χ1v) is 9.09. The molecule has 0 aromatic carbocycles. The zero-order chi connectivity index (χ0) is 14.8. The van der Waals surface area contributed by atoms with E-state index >= 15 is 0 Å². The number of ketones is 1. The Kier molecular flexibility index (Phi) is 4.70. The number of hydrogen-bond donors (Lipinski definition) is 1. The fourth-order valence-electron chi connectivity index (χ4n) is 4.88. The average Bonchev–Trinajstić information content (AvgIpc) is 2.55. The van der Waals surface area contributed by atoms with E-state index in [0.29, 0.717) is 5.78 Å². The lowest BCUT2D eigenvalue weighted by Crippen LogP contribution is -2.51. The van der Waals surface area contributed by atoms with Gasteiger partial charge in [0.1, 0.15) is 5.78 Å². The first kappa shape index (κ1) is 15.5. The van der Waals surface area contributed by atoms with Crippen LogP contribution in [-0.2, 0) is 9.53 Å². The van der Waals surface area contributed by atoms with Gasteiger partial charge in [-0.15, -0.1) is 0 Å². The molecule has 2 atom stereocenters. The topological polar surface area (TPSA) is 38.3 Å². The first-order chi connectivity index (χ1) is 10.2. The molecule has 3 heteroatoms. The highest BCUT2D eigenvalue weighted by Crippen LogP contribution is 2.44. The largest absolute Gasteiger partial charge is 0.375 e. The highest BCUT2D eigenvalue weighted by atomic mass is 16.5. The summed E-state index contributed by atoms with van der Waals surface area (Å²) in [6, 6.07) is 0. The van der Waals surface area contributed by atoms with E-state index in [1.54, 1.807) is 0 Å². The summed E-state index contributed by atoms with van der Waals surface area (Å²) in [5.41, 5.74) is -0.0377. The van der Waals surface area contributed by atoms with Gasteiger partial charge in [0.25, 0.3) is 0 Å². The smallest absolute Gasteiger partial charge is 0.143 e. The van der Waals surface area contributed by atoms with Gasteiger partial charge < -0.3 is 10.1 Å². The van der Waals surface area contributed by atoms with Crippen molar-refractivity contribution in [1.82, 2.24) is 5.32 Å². The van der Waals surface area contributed by atoms with Gasteiger partial charge in [0, 0.05) is 24.5 Å². The molecular weight excluding hydrogens is 262 g/mol. The average molecular weight is 293 g/mol. The highest BCUT2D eigenvalue weighted by molar-refractivity contribution is 5.87. The van der Waals surface area contributed by atoms with E-state index in [1.165, 1.54) is 32.1 Å². The van der Waals surface area contributed by atoms with Crippen LogP contribution in [0, 0.1) is 11.3 Å². The maximum Gasteiger partial charge on any atom is 0.143 e. The molecule has 0 aromatic rings. The molecule has 1 spiro atoms. The summed E-state index contributed by atoms with van der Waals surface area (Å²) in [6.45, 7) is 4.96. The van der Waals surface area contributed by atoms with Gasteiger partial charge in [-0.3, -0.25) is 4.79 Å². The van der Waals surface area contributed by atoms with Crippen LogP contribution in [0.25, 0.3) is 0 Å². The minimum absolute atomic E-state index is 0.0495. The van der Waals surface area contributed by atoms with Gasteiger partial charge in [0.2, 0.25) is 0 Å². The Hall–Kier alpha value is -0.410. The molecule has 1 N–H and O–H groups in total. The Morgan fingerprint density at radius 3 is 2.67 bits per heavy atom. The van der Waals surface area contributed by atoms with Gasteiger partial charge in [-0.05, 0) is 51.5 Å². The van der Waals surface area contributed by atoms with E-state index in [2.05, 4.69) is 12.2 Å². The lowest BCUT2D eigenvalue weighted by atomic mass is 9.66. The number of carbonyl (C=O) groups excluding carboxylic acids is 1. The fourth-order valence-corrected chi connectivity index (χ4v) is 4.88. The molecular formula is C18H31NO2. The van der Waals surface area contributed by atoms with E-state index in [9.17, 15) is 4.79 Å². The summed E-state index contributed by atoms with van der Waals surface area (Å²) in [5, 5.41) is 3.47. The molecule has 21 heavy (non-hydrogen) atoms. The number of hydrogen-bond acceptors (Lipinski definition) is 3. The molecule has 3 rings (SSSR count). The summed E-state index contributed by atoms with van der Waals surface area (Å²) >= 11 is 0. The minimum atomic E-state index is -0.0872. The molecule has 1 saturated carbocycles. The van der Waals surface area contributed by atoms with E-state index in [1.807, 2.05) is 0 Å². The Morgan fingerprint density at radius 2 is 2.00 bits per heavy atom. The zero-order valence-electron chi connectivity index (χ0n) is 13.6. The van der Waals surface area contributed by atoms with E-state index < -0.39 is 0 Å². The second-order valence-electron chi connectivity index (χ2n) is 7.56. The summed E-state index contributed by atoms with van der Waals surface area (Å²) in [5.74, 6) is 0.794. The quantitative estimate of drug-likeness (QED) is 0.866. The highest BCUT2D eigenvalue weighted by Gasteiger charge is 2.46. The van der Waals surface area contributed by atoms with Gasteiger partial charge in [-0.1, -0.05) is 26.2 Å². The van der Waals surface area contributed by atoms with Gasteiger partial charge in [-0.25, -0.2) is 0 Å². The Morgan fingerprint density at radius 1 is 1.19 bits per heavy atom. The third kappa shape index (κ3) is 3.05. The molecule has 2 unspecified atom stereocenters. The van der Waals surface area contributed by atoms with Gasteiger partial charge in [-0.2, -0.15) is 0 Å². The lowest BCUT2D eigenvalue weighted by Gasteiger charge is -2.46. The van der Waals surface area contributed by atoms with Crippen molar-refractivity contribution < 1.29 is 9.53 Å². The van der Waals surface area contributed by atoms with E-state index in [0.717, 1.165) is 51.8 Å². The van der Waals surface area contributed by atoms with Gasteiger partial charge in [0.05, 0.1) is 5.60 Å². The molecule has 2 aliphatic heterocycles. The number of piperidine rings is 1. The predicted molar refractivity (Wildman–Crippen MR) is 84.3 cm³/mol. The third-order valence-electron chi connectivity index (χ3n) is 6.30. The molecule has 1 aliphatic carbocycles.